The molecule has 0 amide bonds. The van der Waals surface area contributed by atoms with Crippen LogP contribution < -0.4 is 4.31 Å². The number of benzene rings is 2. The minimum atomic E-state index is -3.93. The van der Waals surface area contributed by atoms with Gasteiger partial charge in [0.2, 0.25) is 0 Å². The molecule has 0 N–H and O–H groups in total. The molecule has 0 bridgehead atoms. The van der Waals surface area contributed by atoms with Crippen LogP contribution in [0.1, 0.15) is 6.92 Å². The van der Waals surface area contributed by atoms with E-state index >= 15 is 0 Å². The second-order valence-corrected chi connectivity index (χ2v) is 8.15. The number of hydrogen-bond donors (Lipinski definition) is 0. The summed E-state index contributed by atoms with van der Waals surface area (Å²) < 4.78 is 32.0. The molecule has 134 valence electrons. The van der Waals surface area contributed by atoms with Crippen LogP contribution in [-0.2, 0) is 19.6 Å². The summed E-state index contributed by atoms with van der Waals surface area (Å²) in [5.74, 6) is -0.623. The Balaban J connectivity index is 2.44. The van der Waals surface area contributed by atoms with Crippen molar-refractivity contribution in [3.05, 3.63) is 53.6 Å². The van der Waals surface area contributed by atoms with Crippen molar-refractivity contribution >= 4 is 45.0 Å². The molecule has 0 atom stereocenters. The van der Waals surface area contributed by atoms with Gasteiger partial charge in [0.05, 0.1) is 17.2 Å². The van der Waals surface area contributed by atoms with Crippen molar-refractivity contribution in [3.8, 4) is 0 Å². The van der Waals surface area contributed by atoms with Crippen molar-refractivity contribution in [1.82, 2.24) is 0 Å². The lowest BCUT2D eigenvalue weighted by atomic mass is 10.3. The summed E-state index contributed by atoms with van der Waals surface area (Å²) >= 11 is 7.39. The Morgan fingerprint density at radius 1 is 1.12 bits per heavy atom. The summed E-state index contributed by atoms with van der Waals surface area (Å²) in [4.78, 5) is 13.0. The van der Waals surface area contributed by atoms with Crippen LogP contribution in [-0.4, -0.2) is 33.8 Å². The SMILES string of the molecule is CCOC(=O)CN(c1ccc(Cl)cc1)S(=O)(=O)c1ccc(SC)cc1. The Kier molecular flexibility index (Phi) is 6.75. The van der Waals surface area contributed by atoms with Gasteiger partial charge >= 0.3 is 5.97 Å². The monoisotopic (exact) mass is 399 g/mol. The first kappa shape index (κ1) is 19.6. The maximum Gasteiger partial charge on any atom is 0.326 e. The van der Waals surface area contributed by atoms with Crippen molar-refractivity contribution in [2.45, 2.75) is 16.7 Å². The molecule has 0 saturated heterocycles. The third-order valence-electron chi connectivity index (χ3n) is 3.34. The predicted octanol–water partition coefficient (Wildman–Crippen LogP) is 3.82. The number of thioether (sulfide) groups is 1. The topological polar surface area (TPSA) is 63.7 Å². The molecule has 0 spiro atoms. The van der Waals surface area contributed by atoms with E-state index in [2.05, 4.69) is 0 Å². The van der Waals surface area contributed by atoms with E-state index in [1.165, 1.54) is 23.9 Å². The van der Waals surface area contributed by atoms with Crippen LogP contribution in [0, 0.1) is 0 Å². The lowest BCUT2D eigenvalue weighted by Gasteiger charge is -2.23. The highest BCUT2D eigenvalue weighted by Gasteiger charge is 2.27. The van der Waals surface area contributed by atoms with Gasteiger partial charge in [-0.1, -0.05) is 11.6 Å². The van der Waals surface area contributed by atoms with E-state index in [1.54, 1.807) is 43.3 Å². The summed E-state index contributed by atoms with van der Waals surface area (Å²) in [7, 11) is -3.93. The lowest BCUT2D eigenvalue weighted by Crippen LogP contribution is -2.36. The molecule has 8 heteroatoms. The first-order valence-corrected chi connectivity index (χ1v) is 10.5. The van der Waals surface area contributed by atoms with Crippen LogP contribution >= 0.6 is 23.4 Å². The molecule has 0 unspecified atom stereocenters. The third kappa shape index (κ3) is 4.90. The standard InChI is InChI=1S/C17H18ClNO4S2/c1-3-23-17(20)12-19(14-6-4-13(18)5-7-14)25(21,22)16-10-8-15(24-2)9-11-16/h4-11H,3,12H2,1-2H3. The zero-order chi connectivity index (χ0) is 18.4. The number of hydrogen-bond acceptors (Lipinski definition) is 5. The second kappa shape index (κ2) is 8.60. The van der Waals surface area contributed by atoms with Crippen LogP contribution in [0.5, 0.6) is 0 Å². The number of sulfonamides is 1. The van der Waals surface area contributed by atoms with E-state index in [0.717, 1.165) is 9.20 Å². The molecular formula is C17H18ClNO4S2. The van der Waals surface area contributed by atoms with Crippen molar-refractivity contribution in [2.24, 2.45) is 0 Å². The van der Waals surface area contributed by atoms with Gasteiger partial charge in [-0.05, 0) is 61.7 Å². The summed E-state index contributed by atoms with van der Waals surface area (Å²) in [6.07, 6.45) is 1.91. The van der Waals surface area contributed by atoms with Gasteiger partial charge in [-0.15, -0.1) is 11.8 Å². The minimum absolute atomic E-state index is 0.101. The molecule has 2 rings (SSSR count). The van der Waals surface area contributed by atoms with Crippen LogP contribution in [0.25, 0.3) is 0 Å². The Bertz CT molecular complexity index is 821. The first-order chi connectivity index (χ1) is 11.9. The largest absolute Gasteiger partial charge is 0.465 e. The average molecular weight is 400 g/mol. The fourth-order valence-electron chi connectivity index (χ4n) is 2.12. The molecule has 0 heterocycles. The van der Waals surface area contributed by atoms with E-state index in [0.29, 0.717) is 10.7 Å². The fourth-order valence-corrected chi connectivity index (χ4v) is 4.06. The average Bonchev–Trinajstić information content (AvgIpc) is 2.61. The van der Waals surface area contributed by atoms with Crippen LogP contribution in [0.15, 0.2) is 58.3 Å². The van der Waals surface area contributed by atoms with E-state index in [4.69, 9.17) is 16.3 Å². The molecule has 5 nitrogen and oxygen atoms in total. The molecule has 2 aromatic rings. The molecular weight excluding hydrogens is 382 g/mol. The Morgan fingerprint density at radius 2 is 1.72 bits per heavy atom. The second-order valence-electron chi connectivity index (χ2n) is 4.97. The van der Waals surface area contributed by atoms with Gasteiger partial charge in [0.1, 0.15) is 6.54 Å². The molecule has 0 aromatic heterocycles. The molecule has 0 aliphatic carbocycles. The van der Waals surface area contributed by atoms with Gasteiger partial charge < -0.3 is 4.74 Å². The molecule has 25 heavy (non-hydrogen) atoms. The summed E-state index contributed by atoms with van der Waals surface area (Å²) in [6.45, 7) is 1.43. The number of anilines is 1. The van der Waals surface area contributed by atoms with E-state index in [9.17, 15) is 13.2 Å². The van der Waals surface area contributed by atoms with E-state index in [1.807, 2.05) is 6.26 Å². The normalized spacial score (nSPS) is 11.2. The molecule has 0 aliphatic heterocycles. The van der Waals surface area contributed by atoms with Crippen molar-refractivity contribution in [3.63, 3.8) is 0 Å². The van der Waals surface area contributed by atoms with Gasteiger partial charge in [-0.3, -0.25) is 9.10 Å². The minimum Gasteiger partial charge on any atom is -0.465 e. The molecule has 0 saturated carbocycles. The highest BCUT2D eigenvalue weighted by molar-refractivity contribution is 7.98. The number of nitrogens with zero attached hydrogens (tertiary/aromatic N) is 1. The molecule has 0 fully saturated rings. The van der Waals surface area contributed by atoms with Gasteiger partial charge in [0, 0.05) is 9.92 Å². The molecule has 0 radical (unpaired) electrons. The Morgan fingerprint density at radius 3 is 2.24 bits per heavy atom. The van der Waals surface area contributed by atoms with Crippen molar-refractivity contribution in [2.75, 3.05) is 23.7 Å². The number of ether oxygens (including phenoxy) is 1. The number of carbonyl (C=O) groups excluding carboxylic acids is 1. The highest BCUT2D eigenvalue weighted by atomic mass is 35.5. The van der Waals surface area contributed by atoms with Crippen molar-refractivity contribution in [1.29, 1.82) is 0 Å². The fraction of sp³-hybridized carbons (Fsp3) is 0.235. The maximum atomic E-state index is 13.0. The summed E-state index contributed by atoms with van der Waals surface area (Å²) in [5, 5.41) is 0.474. The zero-order valence-corrected chi connectivity index (χ0v) is 16.2. The van der Waals surface area contributed by atoms with Crippen LogP contribution in [0.4, 0.5) is 5.69 Å². The van der Waals surface area contributed by atoms with Gasteiger partial charge in [-0.2, -0.15) is 0 Å². The van der Waals surface area contributed by atoms with E-state index < -0.39 is 22.5 Å². The Hall–Kier alpha value is -1.70. The Labute approximate surface area is 157 Å². The summed E-state index contributed by atoms with van der Waals surface area (Å²) in [6, 6.07) is 12.7. The van der Waals surface area contributed by atoms with Gasteiger partial charge in [0.25, 0.3) is 10.0 Å². The zero-order valence-electron chi connectivity index (χ0n) is 13.8. The lowest BCUT2D eigenvalue weighted by molar-refractivity contribution is -0.141. The highest BCUT2D eigenvalue weighted by Crippen LogP contribution is 2.26. The van der Waals surface area contributed by atoms with Gasteiger partial charge in [0.15, 0.2) is 0 Å². The summed E-state index contributed by atoms with van der Waals surface area (Å²) in [5.41, 5.74) is 0.339. The van der Waals surface area contributed by atoms with Crippen LogP contribution in [0.2, 0.25) is 5.02 Å². The third-order valence-corrected chi connectivity index (χ3v) is 6.12. The number of esters is 1. The maximum absolute atomic E-state index is 13.0. The smallest absolute Gasteiger partial charge is 0.326 e. The van der Waals surface area contributed by atoms with Gasteiger partial charge in [-0.25, -0.2) is 8.42 Å². The molecule has 2 aromatic carbocycles. The van der Waals surface area contributed by atoms with Crippen LogP contribution in [0.3, 0.4) is 0 Å². The predicted molar refractivity (Wildman–Crippen MR) is 101 cm³/mol. The number of rotatable bonds is 7. The van der Waals surface area contributed by atoms with Crippen molar-refractivity contribution < 1.29 is 17.9 Å². The number of halogens is 1. The first-order valence-electron chi connectivity index (χ1n) is 7.46. The number of carbonyl (C=O) groups is 1. The van der Waals surface area contributed by atoms with E-state index in [-0.39, 0.29) is 11.5 Å². The quantitative estimate of drug-likeness (QED) is 0.523. The molecule has 0 aliphatic rings.